The van der Waals surface area contributed by atoms with Crippen LogP contribution < -0.4 is 0 Å². The van der Waals surface area contributed by atoms with Crippen LogP contribution in [0.5, 0.6) is 0 Å². The van der Waals surface area contributed by atoms with Crippen LogP contribution in [-0.2, 0) is 6.42 Å². The molecule has 2 rings (SSSR count). The minimum Gasteiger partial charge on any atom is -0.260 e. The van der Waals surface area contributed by atoms with E-state index in [4.69, 9.17) is 0 Å². The first-order valence-corrected chi connectivity index (χ1v) is 3.98. The molecule has 2 heterocycles. The molecule has 0 bridgehead atoms. The van der Waals surface area contributed by atoms with Gasteiger partial charge in [-0.2, -0.15) is 5.10 Å². The molecule has 0 amide bonds. The van der Waals surface area contributed by atoms with Crippen molar-refractivity contribution in [1.29, 1.82) is 0 Å². The lowest BCUT2D eigenvalue weighted by Crippen LogP contribution is -1.91. The maximum absolute atomic E-state index is 4.29. The molecule has 0 atom stereocenters. The molecule has 12 heavy (non-hydrogen) atoms. The first-order chi connectivity index (χ1) is 5.81. The Balaban J connectivity index is 2.69. The molecule has 0 aliphatic rings. The molecule has 0 fully saturated rings. The molecular formula is C8H10N4. The molecule has 0 saturated carbocycles. The van der Waals surface area contributed by atoms with E-state index in [9.17, 15) is 0 Å². The summed E-state index contributed by atoms with van der Waals surface area (Å²) in [5.41, 5.74) is 1.78. The van der Waals surface area contributed by atoms with Crippen LogP contribution in [0.1, 0.15) is 18.4 Å². The molecule has 0 saturated heterocycles. The Morgan fingerprint density at radius 1 is 1.50 bits per heavy atom. The van der Waals surface area contributed by atoms with E-state index in [1.54, 1.807) is 0 Å². The van der Waals surface area contributed by atoms with Crippen molar-refractivity contribution in [3.63, 3.8) is 0 Å². The molecule has 2 aromatic heterocycles. The van der Waals surface area contributed by atoms with Crippen LogP contribution in [-0.4, -0.2) is 20.2 Å². The first-order valence-electron chi connectivity index (χ1n) is 3.98. The van der Waals surface area contributed by atoms with Gasteiger partial charge in [0.2, 0.25) is 0 Å². The van der Waals surface area contributed by atoms with E-state index in [0.29, 0.717) is 0 Å². The largest absolute Gasteiger partial charge is 0.260 e. The molecule has 0 aliphatic carbocycles. The molecule has 0 spiro atoms. The Hall–Kier alpha value is -1.45. The third-order valence-electron chi connectivity index (χ3n) is 1.87. The summed E-state index contributed by atoms with van der Waals surface area (Å²) in [6.45, 7) is 3.97. The Labute approximate surface area is 70.0 Å². The van der Waals surface area contributed by atoms with E-state index in [2.05, 4.69) is 20.2 Å². The van der Waals surface area contributed by atoms with E-state index >= 15 is 0 Å². The lowest BCUT2D eigenvalue weighted by molar-refractivity contribution is 0.949. The van der Waals surface area contributed by atoms with E-state index in [1.807, 2.05) is 20.0 Å². The number of fused-ring (bicyclic) bond motifs is 1. The van der Waals surface area contributed by atoms with Gasteiger partial charge in [-0.15, -0.1) is 0 Å². The number of aromatic nitrogens is 4. The maximum Gasteiger partial charge on any atom is 0.159 e. The van der Waals surface area contributed by atoms with E-state index in [0.717, 1.165) is 29.0 Å². The quantitative estimate of drug-likeness (QED) is 0.686. The summed E-state index contributed by atoms with van der Waals surface area (Å²) < 4.78 is 0. The van der Waals surface area contributed by atoms with Crippen molar-refractivity contribution in [3.05, 3.63) is 17.7 Å². The van der Waals surface area contributed by atoms with Crippen molar-refractivity contribution in [2.24, 2.45) is 0 Å². The van der Waals surface area contributed by atoms with Crippen molar-refractivity contribution in [1.82, 2.24) is 20.2 Å². The maximum atomic E-state index is 4.29. The van der Waals surface area contributed by atoms with Crippen molar-refractivity contribution >= 4 is 11.0 Å². The summed E-state index contributed by atoms with van der Waals surface area (Å²) in [5.74, 6) is 0.853. The van der Waals surface area contributed by atoms with E-state index < -0.39 is 0 Å². The average Bonchev–Trinajstić information content (AvgIpc) is 2.47. The predicted molar refractivity (Wildman–Crippen MR) is 45.8 cm³/mol. The second-order valence-corrected chi connectivity index (χ2v) is 2.71. The molecule has 4 heteroatoms. The second kappa shape index (κ2) is 2.55. The number of nitrogens with one attached hydrogen (secondary N) is 1. The SMILES string of the molecule is CCc1ncc2c(C)n[nH]c2n1. The minimum absolute atomic E-state index is 0.833. The highest BCUT2D eigenvalue weighted by Gasteiger charge is 2.02. The van der Waals surface area contributed by atoms with Crippen LogP contribution in [0.4, 0.5) is 0 Å². The lowest BCUT2D eigenvalue weighted by Gasteiger charge is -1.93. The van der Waals surface area contributed by atoms with Gasteiger partial charge in [-0.05, 0) is 6.92 Å². The molecule has 1 N–H and O–H groups in total. The Morgan fingerprint density at radius 3 is 3.08 bits per heavy atom. The fraction of sp³-hybridized carbons (Fsp3) is 0.375. The highest BCUT2D eigenvalue weighted by molar-refractivity contribution is 5.76. The zero-order valence-electron chi connectivity index (χ0n) is 7.13. The summed E-state index contributed by atoms with van der Waals surface area (Å²) in [4.78, 5) is 8.47. The van der Waals surface area contributed by atoms with E-state index in [1.165, 1.54) is 0 Å². The summed E-state index contributed by atoms with van der Waals surface area (Å²) in [6, 6.07) is 0. The highest BCUT2D eigenvalue weighted by Crippen LogP contribution is 2.10. The molecule has 0 aromatic carbocycles. The normalized spacial score (nSPS) is 10.8. The van der Waals surface area contributed by atoms with Crippen LogP contribution in [0.15, 0.2) is 6.20 Å². The number of H-pyrrole nitrogens is 1. The van der Waals surface area contributed by atoms with Gasteiger partial charge in [0.1, 0.15) is 5.82 Å². The number of hydrogen-bond acceptors (Lipinski definition) is 3. The third kappa shape index (κ3) is 0.958. The van der Waals surface area contributed by atoms with Crippen LogP contribution >= 0.6 is 0 Å². The van der Waals surface area contributed by atoms with Crippen LogP contribution in [0.3, 0.4) is 0 Å². The van der Waals surface area contributed by atoms with Gasteiger partial charge >= 0.3 is 0 Å². The van der Waals surface area contributed by atoms with Crippen LogP contribution in [0.2, 0.25) is 0 Å². The molecule has 0 radical (unpaired) electrons. The molecule has 0 aliphatic heterocycles. The van der Waals surface area contributed by atoms with Crippen molar-refractivity contribution in [2.75, 3.05) is 0 Å². The molecule has 4 nitrogen and oxygen atoms in total. The molecular weight excluding hydrogens is 152 g/mol. The number of rotatable bonds is 1. The first kappa shape index (κ1) is 7.21. The van der Waals surface area contributed by atoms with Crippen LogP contribution in [0.25, 0.3) is 11.0 Å². The van der Waals surface area contributed by atoms with Crippen LogP contribution in [0, 0.1) is 6.92 Å². The van der Waals surface area contributed by atoms with Gasteiger partial charge in [-0.1, -0.05) is 6.92 Å². The van der Waals surface area contributed by atoms with Crippen molar-refractivity contribution < 1.29 is 0 Å². The molecule has 0 unspecified atom stereocenters. The van der Waals surface area contributed by atoms with Gasteiger partial charge in [0, 0.05) is 12.6 Å². The fourth-order valence-electron chi connectivity index (χ4n) is 1.14. The minimum atomic E-state index is 0.833. The topological polar surface area (TPSA) is 54.5 Å². The number of aromatic amines is 1. The summed E-state index contributed by atoms with van der Waals surface area (Å²) in [6.07, 6.45) is 2.67. The highest BCUT2D eigenvalue weighted by atomic mass is 15.2. The monoisotopic (exact) mass is 162 g/mol. The zero-order valence-corrected chi connectivity index (χ0v) is 7.13. The smallest absolute Gasteiger partial charge is 0.159 e. The second-order valence-electron chi connectivity index (χ2n) is 2.71. The van der Waals surface area contributed by atoms with Gasteiger partial charge in [0.05, 0.1) is 11.1 Å². The van der Waals surface area contributed by atoms with Gasteiger partial charge in [-0.3, -0.25) is 5.10 Å². The summed E-state index contributed by atoms with van der Waals surface area (Å²) >= 11 is 0. The fourth-order valence-corrected chi connectivity index (χ4v) is 1.14. The van der Waals surface area contributed by atoms with Gasteiger partial charge in [0.25, 0.3) is 0 Å². The third-order valence-corrected chi connectivity index (χ3v) is 1.87. The zero-order chi connectivity index (χ0) is 8.55. The van der Waals surface area contributed by atoms with Gasteiger partial charge in [0.15, 0.2) is 5.65 Å². The number of hydrogen-bond donors (Lipinski definition) is 1. The lowest BCUT2D eigenvalue weighted by atomic mass is 10.3. The van der Waals surface area contributed by atoms with E-state index in [-0.39, 0.29) is 0 Å². The Morgan fingerprint density at radius 2 is 2.33 bits per heavy atom. The molecule has 2 aromatic rings. The average molecular weight is 162 g/mol. The number of aryl methyl sites for hydroxylation is 2. The van der Waals surface area contributed by atoms with Gasteiger partial charge in [-0.25, -0.2) is 9.97 Å². The van der Waals surface area contributed by atoms with Gasteiger partial charge < -0.3 is 0 Å². The molecule has 62 valence electrons. The Kier molecular flexibility index (Phi) is 1.53. The van der Waals surface area contributed by atoms with Crippen molar-refractivity contribution in [3.8, 4) is 0 Å². The Bertz CT molecular complexity index is 404. The summed E-state index contributed by atoms with van der Waals surface area (Å²) in [7, 11) is 0. The summed E-state index contributed by atoms with van der Waals surface area (Å²) in [5, 5.41) is 7.91. The van der Waals surface area contributed by atoms with Crippen molar-refractivity contribution in [2.45, 2.75) is 20.3 Å². The number of nitrogens with zero attached hydrogens (tertiary/aromatic N) is 3. The standard InChI is InChI=1S/C8H10N4/c1-3-7-9-4-6-5(2)11-12-8(6)10-7/h4H,3H2,1-2H3,(H,9,10,11,12). The predicted octanol–water partition coefficient (Wildman–Crippen LogP) is 1.22.